The maximum atomic E-state index is 13.0. The number of carbonyl (C=O) groups excluding carboxylic acids is 1. The zero-order valence-corrected chi connectivity index (χ0v) is 17.3. The van der Waals surface area contributed by atoms with E-state index in [0.29, 0.717) is 22.5 Å². The highest BCUT2D eigenvalue weighted by Gasteiger charge is 2.32. The lowest BCUT2D eigenvalue weighted by Gasteiger charge is -2.22. The third kappa shape index (κ3) is 3.69. The molecule has 4 rings (SSSR count). The van der Waals surface area contributed by atoms with Gasteiger partial charge in [-0.1, -0.05) is 17.7 Å². The van der Waals surface area contributed by atoms with Gasteiger partial charge in [0.25, 0.3) is 5.91 Å². The second-order valence-corrected chi connectivity index (χ2v) is 8.76. The fourth-order valence-corrected chi connectivity index (χ4v) is 3.47. The minimum atomic E-state index is -0.243. The molecule has 0 atom stereocenters. The summed E-state index contributed by atoms with van der Waals surface area (Å²) in [6.07, 6.45) is 2.31. The molecule has 2 aromatic heterocycles. The molecule has 0 saturated heterocycles. The molecule has 1 aliphatic carbocycles. The Morgan fingerprint density at radius 3 is 2.57 bits per heavy atom. The number of aryl methyl sites for hydroxylation is 1. The van der Waals surface area contributed by atoms with E-state index in [9.17, 15) is 4.79 Å². The normalized spacial score (nSPS) is 14.3. The van der Waals surface area contributed by atoms with Crippen molar-refractivity contribution in [3.63, 3.8) is 0 Å². The zero-order chi connectivity index (χ0) is 20.1. The van der Waals surface area contributed by atoms with Crippen molar-refractivity contribution in [3.8, 4) is 5.69 Å². The van der Waals surface area contributed by atoms with Crippen molar-refractivity contribution in [1.29, 1.82) is 0 Å². The predicted octanol–water partition coefficient (Wildman–Crippen LogP) is 4.92. The van der Waals surface area contributed by atoms with E-state index in [1.54, 1.807) is 10.7 Å². The average molecular weight is 398 g/mol. The molecule has 7 heteroatoms. The Balaban J connectivity index is 1.65. The van der Waals surface area contributed by atoms with E-state index in [2.05, 4.69) is 36.3 Å². The first-order chi connectivity index (χ1) is 13.2. The van der Waals surface area contributed by atoms with E-state index < -0.39 is 0 Å². The number of rotatable bonds is 4. The number of aromatic nitrogens is 4. The van der Waals surface area contributed by atoms with Crippen molar-refractivity contribution in [2.45, 2.75) is 52.0 Å². The van der Waals surface area contributed by atoms with Crippen LogP contribution in [-0.2, 0) is 5.54 Å². The fraction of sp³-hybridized carbons (Fsp3) is 0.381. The molecule has 1 N–H and O–H groups in total. The van der Waals surface area contributed by atoms with Crippen molar-refractivity contribution in [2.75, 3.05) is 5.32 Å². The van der Waals surface area contributed by atoms with Gasteiger partial charge in [-0.2, -0.15) is 10.2 Å². The summed E-state index contributed by atoms with van der Waals surface area (Å²) in [6, 6.07) is 11.1. The number of hydrogen-bond donors (Lipinski definition) is 1. The number of nitrogens with one attached hydrogen (secondary N) is 1. The van der Waals surface area contributed by atoms with Gasteiger partial charge < -0.3 is 5.32 Å². The van der Waals surface area contributed by atoms with Crippen molar-refractivity contribution in [3.05, 3.63) is 58.5 Å². The Morgan fingerprint density at radius 1 is 1.18 bits per heavy atom. The maximum Gasteiger partial charge on any atom is 0.277 e. The Bertz CT molecular complexity index is 1040. The summed E-state index contributed by atoms with van der Waals surface area (Å²) in [5.41, 5.74) is 2.98. The molecule has 6 nitrogen and oxygen atoms in total. The van der Waals surface area contributed by atoms with Crippen LogP contribution in [0.4, 0.5) is 5.82 Å². The molecular weight excluding hydrogens is 374 g/mol. The number of carbonyl (C=O) groups is 1. The first-order valence-electron chi connectivity index (χ1n) is 9.47. The van der Waals surface area contributed by atoms with Gasteiger partial charge in [0.05, 0.1) is 16.9 Å². The molecule has 3 aromatic rings. The summed E-state index contributed by atoms with van der Waals surface area (Å²) in [5, 5.41) is 12.7. The van der Waals surface area contributed by atoms with Gasteiger partial charge in [-0.15, -0.1) is 0 Å². The molecule has 1 saturated carbocycles. The lowest BCUT2D eigenvalue weighted by molar-refractivity contribution is 0.102. The van der Waals surface area contributed by atoms with Gasteiger partial charge in [0, 0.05) is 22.7 Å². The van der Waals surface area contributed by atoms with E-state index in [1.165, 1.54) is 0 Å². The lowest BCUT2D eigenvalue weighted by Crippen LogP contribution is -2.26. The van der Waals surface area contributed by atoms with Crippen molar-refractivity contribution < 1.29 is 4.79 Å². The molecule has 0 radical (unpaired) electrons. The van der Waals surface area contributed by atoms with Gasteiger partial charge in [0.2, 0.25) is 0 Å². The molecule has 1 aromatic carbocycles. The number of benzene rings is 1. The molecule has 0 unspecified atom stereocenters. The largest absolute Gasteiger partial charge is 0.305 e. The number of amides is 1. The smallest absolute Gasteiger partial charge is 0.277 e. The standard InChI is InChI=1S/C21H24ClN5O/c1-13-10-19(26(24-13)16-7-5-6-15(22)11-16)23-20(28)17-12-18(14-8-9-14)27(25-17)21(2,3)4/h5-7,10-12,14H,8-9H2,1-4H3,(H,23,28). The zero-order valence-electron chi connectivity index (χ0n) is 16.5. The van der Waals surface area contributed by atoms with E-state index in [0.717, 1.165) is 29.9 Å². The molecular formula is C21H24ClN5O. The SMILES string of the molecule is Cc1cc(NC(=O)c2cc(C3CC3)n(C(C)(C)C)n2)n(-c2cccc(Cl)c2)n1. The van der Waals surface area contributed by atoms with Crippen molar-refractivity contribution in [2.24, 2.45) is 0 Å². The fourth-order valence-electron chi connectivity index (χ4n) is 3.29. The van der Waals surface area contributed by atoms with Gasteiger partial charge in [-0.3, -0.25) is 9.48 Å². The van der Waals surface area contributed by atoms with Crippen LogP contribution in [0.2, 0.25) is 5.02 Å². The summed E-state index contributed by atoms with van der Waals surface area (Å²) in [5.74, 6) is 0.851. The summed E-state index contributed by atoms with van der Waals surface area (Å²) in [6.45, 7) is 8.19. The van der Waals surface area contributed by atoms with Gasteiger partial charge in [0.1, 0.15) is 5.82 Å². The van der Waals surface area contributed by atoms with E-state index in [4.69, 9.17) is 11.6 Å². The van der Waals surface area contributed by atoms with Crippen LogP contribution in [0.5, 0.6) is 0 Å². The summed E-state index contributed by atoms with van der Waals surface area (Å²) < 4.78 is 3.67. The number of hydrogen-bond acceptors (Lipinski definition) is 3. The maximum absolute atomic E-state index is 13.0. The summed E-state index contributed by atoms with van der Waals surface area (Å²) in [7, 11) is 0. The van der Waals surface area contributed by atoms with E-state index >= 15 is 0 Å². The quantitative estimate of drug-likeness (QED) is 0.679. The predicted molar refractivity (Wildman–Crippen MR) is 110 cm³/mol. The van der Waals surface area contributed by atoms with E-state index in [-0.39, 0.29) is 11.4 Å². The van der Waals surface area contributed by atoms with Gasteiger partial charge in [-0.25, -0.2) is 4.68 Å². The molecule has 0 spiro atoms. The topological polar surface area (TPSA) is 64.7 Å². The minimum Gasteiger partial charge on any atom is -0.305 e. The van der Waals surface area contributed by atoms with Crippen LogP contribution in [0.3, 0.4) is 0 Å². The lowest BCUT2D eigenvalue weighted by atomic mass is 10.1. The molecule has 2 heterocycles. The Hall–Kier alpha value is -2.60. The summed E-state index contributed by atoms with van der Waals surface area (Å²) in [4.78, 5) is 13.0. The molecule has 146 valence electrons. The average Bonchev–Trinajstić information content (AvgIpc) is 3.24. The van der Waals surface area contributed by atoms with Gasteiger partial charge in [0.15, 0.2) is 5.69 Å². The molecule has 1 amide bonds. The molecule has 0 bridgehead atoms. The van der Waals surface area contributed by atoms with Crippen molar-refractivity contribution >= 4 is 23.3 Å². The highest BCUT2D eigenvalue weighted by Crippen LogP contribution is 2.41. The second kappa shape index (κ2) is 6.78. The minimum absolute atomic E-state index is 0.171. The highest BCUT2D eigenvalue weighted by atomic mass is 35.5. The second-order valence-electron chi connectivity index (χ2n) is 8.33. The Morgan fingerprint density at radius 2 is 1.93 bits per heavy atom. The monoisotopic (exact) mass is 397 g/mol. The van der Waals surface area contributed by atoms with Gasteiger partial charge in [-0.05, 0) is 64.8 Å². The van der Waals surface area contributed by atoms with Crippen LogP contribution < -0.4 is 5.32 Å². The number of anilines is 1. The van der Waals surface area contributed by atoms with Crippen molar-refractivity contribution in [1.82, 2.24) is 19.6 Å². The van der Waals surface area contributed by atoms with Crippen LogP contribution in [0.25, 0.3) is 5.69 Å². The van der Waals surface area contributed by atoms with Crippen LogP contribution in [0, 0.1) is 6.92 Å². The van der Waals surface area contributed by atoms with Gasteiger partial charge >= 0.3 is 0 Å². The Kier molecular flexibility index (Phi) is 4.54. The molecule has 1 aliphatic rings. The van der Waals surface area contributed by atoms with Crippen LogP contribution in [-0.4, -0.2) is 25.5 Å². The highest BCUT2D eigenvalue weighted by molar-refractivity contribution is 6.30. The molecule has 1 fully saturated rings. The van der Waals surface area contributed by atoms with Crippen LogP contribution >= 0.6 is 11.6 Å². The first-order valence-corrected chi connectivity index (χ1v) is 9.84. The van der Waals surface area contributed by atoms with Crippen LogP contribution in [0.15, 0.2) is 36.4 Å². The summed E-state index contributed by atoms with van der Waals surface area (Å²) >= 11 is 6.11. The number of halogens is 1. The number of nitrogens with zero attached hydrogens (tertiary/aromatic N) is 4. The first kappa shape index (κ1) is 18.7. The third-order valence-corrected chi connectivity index (χ3v) is 4.96. The molecule has 0 aliphatic heterocycles. The third-order valence-electron chi connectivity index (χ3n) is 4.73. The van der Waals surface area contributed by atoms with E-state index in [1.807, 2.05) is 41.9 Å². The molecule has 28 heavy (non-hydrogen) atoms. The Labute approximate surface area is 169 Å². The van der Waals surface area contributed by atoms with Crippen LogP contribution in [0.1, 0.15) is 61.4 Å².